The number of hydrogen-bond donors (Lipinski definition) is 0. The molecule has 1 atom stereocenters. The highest BCUT2D eigenvalue weighted by Gasteiger charge is 2.25. The number of hydrogen-bond acceptors (Lipinski definition) is 4. The van der Waals surface area contributed by atoms with Gasteiger partial charge in [-0.1, -0.05) is 0 Å². The summed E-state index contributed by atoms with van der Waals surface area (Å²) in [5.74, 6) is 0.125. The van der Waals surface area contributed by atoms with Crippen LogP contribution < -0.4 is 0 Å². The Bertz CT molecular complexity index is 762. The molecule has 0 aromatic carbocycles. The fourth-order valence-corrected chi connectivity index (χ4v) is 4.02. The number of likely N-dealkylation sites (tertiary alicyclic amines) is 1. The molecule has 0 unspecified atom stereocenters. The lowest BCUT2D eigenvalue weighted by Crippen LogP contribution is -2.37. The first-order valence-corrected chi connectivity index (χ1v) is 9.98. The Morgan fingerprint density at radius 2 is 2.15 bits per heavy atom. The van der Waals surface area contributed by atoms with Crippen molar-refractivity contribution in [2.75, 3.05) is 26.2 Å². The van der Waals surface area contributed by atoms with Crippen molar-refractivity contribution < 1.29 is 9.53 Å². The Hall–Kier alpha value is -2.12. The van der Waals surface area contributed by atoms with E-state index in [9.17, 15) is 4.79 Å². The van der Waals surface area contributed by atoms with E-state index in [1.165, 1.54) is 11.3 Å². The van der Waals surface area contributed by atoms with Gasteiger partial charge in [0.1, 0.15) is 6.61 Å². The normalized spacial score (nSPS) is 20.6. The van der Waals surface area contributed by atoms with Crippen LogP contribution in [0.15, 0.2) is 30.7 Å². The Kier molecular flexibility index (Phi) is 5.59. The zero-order valence-corrected chi connectivity index (χ0v) is 16.1. The highest BCUT2D eigenvalue weighted by Crippen LogP contribution is 2.18. The van der Waals surface area contributed by atoms with Crippen molar-refractivity contribution in [2.24, 2.45) is 0 Å². The Morgan fingerprint density at radius 3 is 2.93 bits per heavy atom. The monoisotopic (exact) mass is 371 g/mol. The first kappa shape index (κ1) is 18.3. The average Bonchev–Trinajstić information content (AvgIpc) is 3.41. The summed E-state index contributed by atoms with van der Waals surface area (Å²) < 4.78 is 10.3. The van der Waals surface area contributed by atoms with Gasteiger partial charge in [-0.25, -0.2) is 0 Å². The number of amides is 1. The molecule has 4 heterocycles. The number of fused-ring (bicyclic) bond motifs is 1. The van der Waals surface area contributed by atoms with Gasteiger partial charge in [0.05, 0.1) is 12.3 Å². The zero-order valence-electron chi connectivity index (χ0n) is 16.1. The fraction of sp³-hybridized carbons (Fsp3) is 0.600. The summed E-state index contributed by atoms with van der Waals surface area (Å²) >= 11 is 0. The summed E-state index contributed by atoms with van der Waals surface area (Å²) in [7, 11) is 0. The minimum Gasteiger partial charge on any atom is -0.365 e. The predicted molar refractivity (Wildman–Crippen MR) is 102 cm³/mol. The molecule has 0 N–H and O–H groups in total. The Balaban J connectivity index is 1.40. The lowest BCUT2D eigenvalue weighted by Gasteiger charge is -2.24. The van der Waals surface area contributed by atoms with E-state index in [-0.39, 0.29) is 18.6 Å². The van der Waals surface area contributed by atoms with Gasteiger partial charge in [-0.15, -0.1) is 0 Å². The molecule has 0 aliphatic carbocycles. The summed E-state index contributed by atoms with van der Waals surface area (Å²) in [6, 6.07) is 4.25. The van der Waals surface area contributed by atoms with Gasteiger partial charge in [0.2, 0.25) is 5.91 Å². The van der Waals surface area contributed by atoms with Crippen LogP contribution in [0.3, 0.4) is 0 Å². The first-order valence-electron chi connectivity index (χ1n) is 9.98. The van der Waals surface area contributed by atoms with Crippen LogP contribution in [-0.2, 0) is 35.7 Å². The van der Waals surface area contributed by atoms with Gasteiger partial charge in [0.15, 0.2) is 0 Å². The molecule has 1 fully saturated rings. The second kappa shape index (κ2) is 8.27. The standard InChI is InChI=1S/C20H29N5O2/c1-2-25-12-17(10-21-25)11-22-13-18-6-5-9-24(18)15-19(14-22)27-16-20(26)23-7-3-4-8-23/h5-6,9-10,12,19H,2-4,7-8,11,13-16H2,1H3/t19-/m1/s1. The smallest absolute Gasteiger partial charge is 0.248 e. The molecule has 2 aromatic heterocycles. The van der Waals surface area contributed by atoms with E-state index in [0.717, 1.165) is 58.7 Å². The molecule has 2 aliphatic rings. The number of rotatable bonds is 6. The Morgan fingerprint density at radius 1 is 1.30 bits per heavy atom. The molecule has 7 nitrogen and oxygen atoms in total. The van der Waals surface area contributed by atoms with E-state index in [0.29, 0.717) is 0 Å². The summed E-state index contributed by atoms with van der Waals surface area (Å²) in [6.07, 6.45) is 8.39. The van der Waals surface area contributed by atoms with Crippen LogP contribution in [0.5, 0.6) is 0 Å². The van der Waals surface area contributed by atoms with Gasteiger partial charge in [-0.3, -0.25) is 14.4 Å². The van der Waals surface area contributed by atoms with Crippen LogP contribution >= 0.6 is 0 Å². The van der Waals surface area contributed by atoms with Crippen LogP contribution in [0.1, 0.15) is 31.0 Å². The quantitative estimate of drug-likeness (QED) is 0.776. The second-order valence-corrected chi connectivity index (χ2v) is 7.55. The number of aromatic nitrogens is 3. The van der Waals surface area contributed by atoms with Gasteiger partial charge in [-0.2, -0.15) is 5.10 Å². The van der Waals surface area contributed by atoms with Crippen molar-refractivity contribution in [2.45, 2.75) is 52.0 Å². The molecule has 0 saturated carbocycles. The summed E-state index contributed by atoms with van der Waals surface area (Å²) in [6.45, 7) is 8.24. The molecule has 1 saturated heterocycles. The van der Waals surface area contributed by atoms with Crippen LogP contribution in [0.2, 0.25) is 0 Å². The van der Waals surface area contributed by atoms with E-state index in [4.69, 9.17) is 4.74 Å². The molecule has 1 amide bonds. The number of carbonyl (C=O) groups excluding carboxylic acids is 1. The molecule has 0 bridgehead atoms. The molecule has 0 spiro atoms. The average molecular weight is 371 g/mol. The summed E-state index contributed by atoms with van der Waals surface area (Å²) in [4.78, 5) is 16.7. The molecule has 4 rings (SSSR count). The van der Waals surface area contributed by atoms with E-state index in [2.05, 4.69) is 46.0 Å². The molecule has 146 valence electrons. The highest BCUT2D eigenvalue weighted by molar-refractivity contribution is 5.77. The van der Waals surface area contributed by atoms with Gasteiger partial charge in [0, 0.05) is 69.5 Å². The van der Waals surface area contributed by atoms with Crippen molar-refractivity contribution in [3.8, 4) is 0 Å². The van der Waals surface area contributed by atoms with Crippen molar-refractivity contribution in [3.63, 3.8) is 0 Å². The topological polar surface area (TPSA) is 55.5 Å². The number of aryl methyl sites for hydroxylation is 1. The van der Waals surface area contributed by atoms with E-state index < -0.39 is 0 Å². The molecule has 27 heavy (non-hydrogen) atoms. The number of carbonyl (C=O) groups is 1. The third-order valence-corrected chi connectivity index (χ3v) is 5.49. The fourth-order valence-electron chi connectivity index (χ4n) is 4.02. The van der Waals surface area contributed by atoms with Crippen LogP contribution in [-0.4, -0.2) is 62.4 Å². The second-order valence-electron chi connectivity index (χ2n) is 7.55. The van der Waals surface area contributed by atoms with E-state index in [1.807, 2.05) is 15.8 Å². The largest absolute Gasteiger partial charge is 0.365 e. The van der Waals surface area contributed by atoms with Crippen LogP contribution in [0, 0.1) is 0 Å². The van der Waals surface area contributed by atoms with Gasteiger partial charge < -0.3 is 14.2 Å². The molecule has 7 heteroatoms. The number of nitrogens with zero attached hydrogens (tertiary/aromatic N) is 5. The third-order valence-electron chi connectivity index (χ3n) is 5.49. The molecule has 2 aromatic rings. The maximum atomic E-state index is 12.3. The lowest BCUT2D eigenvalue weighted by molar-refractivity contribution is -0.137. The van der Waals surface area contributed by atoms with Crippen LogP contribution in [0.25, 0.3) is 0 Å². The van der Waals surface area contributed by atoms with Crippen molar-refractivity contribution in [1.29, 1.82) is 0 Å². The highest BCUT2D eigenvalue weighted by atomic mass is 16.5. The summed E-state index contributed by atoms with van der Waals surface area (Å²) in [5, 5.41) is 4.38. The maximum absolute atomic E-state index is 12.3. The SMILES string of the molecule is CCn1cc(CN2Cc3cccn3C[C@H](OCC(=O)N3CCCC3)C2)cn1. The zero-order chi connectivity index (χ0) is 18.6. The van der Waals surface area contributed by atoms with Gasteiger partial charge in [-0.05, 0) is 31.9 Å². The lowest BCUT2D eigenvalue weighted by atomic mass is 10.2. The molecule has 0 radical (unpaired) electrons. The van der Waals surface area contributed by atoms with Crippen molar-refractivity contribution in [3.05, 3.63) is 42.0 Å². The molecular weight excluding hydrogens is 342 g/mol. The molecule has 2 aliphatic heterocycles. The third kappa shape index (κ3) is 4.42. The van der Waals surface area contributed by atoms with Gasteiger partial charge in [0.25, 0.3) is 0 Å². The maximum Gasteiger partial charge on any atom is 0.248 e. The van der Waals surface area contributed by atoms with Crippen molar-refractivity contribution in [1.82, 2.24) is 24.1 Å². The first-order chi connectivity index (χ1) is 13.2. The predicted octanol–water partition coefficient (Wildman–Crippen LogP) is 1.73. The van der Waals surface area contributed by atoms with E-state index >= 15 is 0 Å². The Labute approximate surface area is 160 Å². The molecular formula is C20H29N5O2. The number of ether oxygens (including phenoxy) is 1. The van der Waals surface area contributed by atoms with Gasteiger partial charge >= 0.3 is 0 Å². The van der Waals surface area contributed by atoms with Crippen LogP contribution in [0.4, 0.5) is 0 Å². The van der Waals surface area contributed by atoms with Crippen molar-refractivity contribution >= 4 is 5.91 Å². The minimum atomic E-state index is 0.00595. The van der Waals surface area contributed by atoms with E-state index in [1.54, 1.807) is 0 Å². The minimum absolute atomic E-state index is 0.00595. The summed E-state index contributed by atoms with van der Waals surface area (Å²) in [5.41, 5.74) is 2.50.